The number of aromatic nitrogens is 2. The van der Waals surface area contributed by atoms with Gasteiger partial charge in [0.15, 0.2) is 0 Å². The summed E-state index contributed by atoms with van der Waals surface area (Å²) in [4.78, 5) is 23.4. The first kappa shape index (κ1) is 18.0. The van der Waals surface area contributed by atoms with Crippen molar-refractivity contribution < 1.29 is 9.18 Å². The Hall–Kier alpha value is -2.82. The van der Waals surface area contributed by atoms with Crippen LogP contribution in [0.5, 0.6) is 0 Å². The Bertz CT molecular complexity index is 941. The molecule has 0 aliphatic heterocycles. The van der Waals surface area contributed by atoms with Gasteiger partial charge in [-0.25, -0.2) is 14.4 Å². The van der Waals surface area contributed by atoms with Gasteiger partial charge < -0.3 is 4.90 Å². The van der Waals surface area contributed by atoms with E-state index in [0.29, 0.717) is 18.8 Å². The molecule has 0 saturated carbocycles. The van der Waals surface area contributed by atoms with Crippen molar-refractivity contribution in [3.05, 3.63) is 71.4 Å². The summed E-state index contributed by atoms with van der Waals surface area (Å²) in [6, 6.07) is 14.2. The minimum atomic E-state index is -0.282. The van der Waals surface area contributed by atoms with E-state index in [-0.39, 0.29) is 17.6 Å². The van der Waals surface area contributed by atoms with Crippen molar-refractivity contribution in [2.75, 3.05) is 7.05 Å². The second-order valence-corrected chi connectivity index (χ2v) is 6.67. The summed E-state index contributed by atoms with van der Waals surface area (Å²) in [5.74, 6) is 0.0811. The molecule has 0 fully saturated rings. The Balaban J connectivity index is 1.70. The molecule has 1 amide bonds. The van der Waals surface area contributed by atoms with E-state index in [1.807, 2.05) is 44.2 Å². The van der Waals surface area contributed by atoms with Crippen LogP contribution in [0, 0.1) is 18.7 Å². The molecular weight excluding hydrogens is 329 g/mol. The average Bonchev–Trinajstić information content (AvgIpc) is 2.61. The maximum absolute atomic E-state index is 13.3. The van der Waals surface area contributed by atoms with E-state index in [1.54, 1.807) is 18.0 Å². The fourth-order valence-corrected chi connectivity index (χ4v) is 3.14. The summed E-state index contributed by atoms with van der Waals surface area (Å²) < 4.78 is 13.3. The summed E-state index contributed by atoms with van der Waals surface area (Å²) >= 11 is 0. The number of hydrogen-bond acceptors (Lipinski definition) is 3. The van der Waals surface area contributed by atoms with Gasteiger partial charge in [-0.05, 0) is 37.1 Å². The summed E-state index contributed by atoms with van der Waals surface area (Å²) in [6.45, 7) is 4.15. The normalized spacial score (nSPS) is 12.2. The first-order chi connectivity index (χ1) is 12.4. The number of rotatable bonds is 5. The summed E-state index contributed by atoms with van der Waals surface area (Å²) in [6.07, 6.45) is 0.499. The van der Waals surface area contributed by atoms with Crippen LogP contribution in [0.2, 0.25) is 0 Å². The van der Waals surface area contributed by atoms with Crippen molar-refractivity contribution in [2.45, 2.75) is 26.8 Å². The molecule has 1 aromatic heterocycles. The molecule has 26 heavy (non-hydrogen) atoms. The van der Waals surface area contributed by atoms with Crippen LogP contribution in [-0.4, -0.2) is 27.8 Å². The second-order valence-electron chi connectivity index (χ2n) is 6.67. The zero-order valence-electron chi connectivity index (χ0n) is 15.2. The number of nitrogens with zero attached hydrogens (tertiary/aromatic N) is 3. The lowest BCUT2D eigenvalue weighted by atomic mass is 10.00. The number of halogens is 1. The van der Waals surface area contributed by atoms with Crippen LogP contribution in [0.4, 0.5) is 4.39 Å². The van der Waals surface area contributed by atoms with E-state index in [0.717, 1.165) is 22.2 Å². The first-order valence-corrected chi connectivity index (χ1v) is 8.65. The topological polar surface area (TPSA) is 46.1 Å². The van der Waals surface area contributed by atoms with Gasteiger partial charge in [0, 0.05) is 24.0 Å². The zero-order valence-corrected chi connectivity index (χ0v) is 15.2. The van der Waals surface area contributed by atoms with Crippen LogP contribution in [0.25, 0.3) is 10.9 Å². The third-order valence-electron chi connectivity index (χ3n) is 4.45. The highest BCUT2D eigenvalue weighted by Gasteiger charge is 2.19. The van der Waals surface area contributed by atoms with E-state index < -0.39 is 0 Å². The van der Waals surface area contributed by atoms with Gasteiger partial charge in [-0.1, -0.05) is 37.3 Å². The fourth-order valence-electron chi connectivity index (χ4n) is 3.14. The van der Waals surface area contributed by atoms with Crippen LogP contribution in [-0.2, 0) is 17.8 Å². The lowest BCUT2D eigenvalue weighted by Gasteiger charge is -2.21. The molecule has 0 N–H and O–H groups in total. The predicted molar refractivity (Wildman–Crippen MR) is 100 cm³/mol. The quantitative estimate of drug-likeness (QED) is 0.700. The zero-order chi connectivity index (χ0) is 18.7. The van der Waals surface area contributed by atoms with Crippen LogP contribution in [0.3, 0.4) is 0 Å². The molecule has 1 atom stereocenters. The molecule has 3 aromatic rings. The van der Waals surface area contributed by atoms with Gasteiger partial charge in [-0.15, -0.1) is 0 Å². The highest BCUT2D eigenvalue weighted by atomic mass is 19.1. The number of amides is 1. The standard InChI is InChI=1S/C21H22FN3O/c1-14(11-16-7-6-8-17(22)12-16)21(26)25(3)13-20-23-15(2)18-9-4-5-10-19(18)24-20/h4-10,12,14H,11,13H2,1-3H3. The number of hydrogen-bond donors (Lipinski definition) is 0. The Kier molecular flexibility index (Phi) is 5.26. The van der Waals surface area contributed by atoms with E-state index >= 15 is 0 Å². The SMILES string of the molecule is Cc1nc(CN(C)C(=O)C(C)Cc2cccc(F)c2)nc2ccccc12. The fraction of sp³-hybridized carbons (Fsp3) is 0.286. The molecule has 0 aliphatic rings. The third-order valence-corrected chi connectivity index (χ3v) is 4.45. The van der Waals surface area contributed by atoms with Crippen molar-refractivity contribution in [3.8, 4) is 0 Å². The van der Waals surface area contributed by atoms with Crippen molar-refractivity contribution in [1.82, 2.24) is 14.9 Å². The van der Waals surface area contributed by atoms with Gasteiger partial charge >= 0.3 is 0 Å². The number of fused-ring (bicyclic) bond motifs is 1. The van der Waals surface area contributed by atoms with Gasteiger partial charge in [-0.2, -0.15) is 0 Å². The number of para-hydroxylation sites is 1. The minimum Gasteiger partial charge on any atom is -0.338 e. The van der Waals surface area contributed by atoms with Gasteiger partial charge in [0.25, 0.3) is 0 Å². The van der Waals surface area contributed by atoms with E-state index in [9.17, 15) is 9.18 Å². The van der Waals surface area contributed by atoms with E-state index in [1.165, 1.54) is 12.1 Å². The molecule has 1 heterocycles. The molecule has 0 aliphatic carbocycles. The second kappa shape index (κ2) is 7.60. The molecule has 5 heteroatoms. The van der Waals surface area contributed by atoms with E-state index in [2.05, 4.69) is 9.97 Å². The van der Waals surface area contributed by atoms with Gasteiger partial charge in [0.05, 0.1) is 12.1 Å². The summed E-state index contributed by atoms with van der Waals surface area (Å²) in [5.41, 5.74) is 2.60. The van der Waals surface area contributed by atoms with Crippen LogP contribution >= 0.6 is 0 Å². The Labute approximate surface area is 152 Å². The third kappa shape index (κ3) is 4.04. The molecule has 0 saturated heterocycles. The number of aryl methyl sites for hydroxylation is 1. The Morgan fingerprint density at radius 2 is 1.92 bits per heavy atom. The molecule has 0 bridgehead atoms. The molecule has 2 aromatic carbocycles. The van der Waals surface area contributed by atoms with Crippen LogP contribution in [0.15, 0.2) is 48.5 Å². The van der Waals surface area contributed by atoms with Crippen molar-refractivity contribution in [1.29, 1.82) is 0 Å². The van der Waals surface area contributed by atoms with Crippen molar-refractivity contribution in [3.63, 3.8) is 0 Å². The summed E-state index contributed by atoms with van der Waals surface area (Å²) in [5, 5.41) is 1.02. The minimum absolute atomic E-state index is 0.0105. The van der Waals surface area contributed by atoms with Gasteiger partial charge in [0.1, 0.15) is 11.6 Å². The number of carbonyl (C=O) groups is 1. The molecule has 0 spiro atoms. The molecular formula is C21H22FN3O. The first-order valence-electron chi connectivity index (χ1n) is 8.65. The Morgan fingerprint density at radius 1 is 1.15 bits per heavy atom. The molecule has 3 rings (SSSR count). The number of benzene rings is 2. The lowest BCUT2D eigenvalue weighted by molar-refractivity contribution is -0.134. The Morgan fingerprint density at radius 3 is 2.69 bits per heavy atom. The van der Waals surface area contributed by atoms with Crippen molar-refractivity contribution >= 4 is 16.8 Å². The molecule has 4 nitrogen and oxygen atoms in total. The highest BCUT2D eigenvalue weighted by Crippen LogP contribution is 2.17. The molecule has 134 valence electrons. The summed E-state index contributed by atoms with van der Waals surface area (Å²) in [7, 11) is 1.75. The largest absolute Gasteiger partial charge is 0.338 e. The van der Waals surface area contributed by atoms with Crippen molar-refractivity contribution in [2.24, 2.45) is 5.92 Å². The number of carbonyl (C=O) groups excluding carboxylic acids is 1. The van der Waals surface area contributed by atoms with Gasteiger partial charge in [-0.3, -0.25) is 4.79 Å². The maximum Gasteiger partial charge on any atom is 0.225 e. The maximum atomic E-state index is 13.3. The lowest BCUT2D eigenvalue weighted by Crippen LogP contribution is -2.32. The highest BCUT2D eigenvalue weighted by molar-refractivity contribution is 5.81. The molecule has 1 unspecified atom stereocenters. The van der Waals surface area contributed by atoms with Gasteiger partial charge in [0.2, 0.25) is 5.91 Å². The van der Waals surface area contributed by atoms with Crippen LogP contribution < -0.4 is 0 Å². The monoisotopic (exact) mass is 351 g/mol. The predicted octanol–water partition coefficient (Wildman–Crippen LogP) is 3.91. The average molecular weight is 351 g/mol. The van der Waals surface area contributed by atoms with Crippen LogP contribution in [0.1, 0.15) is 24.0 Å². The molecule has 0 radical (unpaired) electrons. The smallest absolute Gasteiger partial charge is 0.225 e. The van der Waals surface area contributed by atoms with E-state index in [4.69, 9.17) is 0 Å².